The van der Waals surface area contributed by atoms with Crippen LogP contribution in [0, 0.1) is 0 Å². The minimum atomic E-state index is -0.176. The van der Waals surface area contributed by atoms with Crippen LogP contribution in [0.5, 0.6) is 0 Å². The second kappa shape index (κ2) is 3.35. The van der Waals surface area contributed by atoms with E-state index in [2.05, 4.69) is 4.98 Å². The zero-order valence-corrected chi connectivity index (χ0v) is 8.88. The summed E-state index contributed by atoms with van der Waals surface area (Å²) in [6, 6.07) is 1.67. The molecule has 17 heavy (non-hydrogen) atoms. The van der Waals surface area contributed by atoms with Crippen LogP contribution in [0.2, 0.25) is 0 Å². The van der Waals surface area contributed by atoms with Gasteiger partial charge in [-0.1, -0.05) is 0 Å². The number of fused-ring (bicyclic) bond motifs is 2. The first-order valence-electron chi connectivity index (χ1n) is 5.21. The molecule has 1 aromatic heterocycles. The summed E-state index contributed by atoms with van der Waals surface area (Å²) in [6.45, 7) is -0.0746. The van der Waals surface area contributed by atoms with Gasteiger partial charge in [0.1, 0.15) is 0 Å². The van der Waals surface area contributed by atoms with E-state index in [4.69, 9.17) is 0 Å². The zero-order valence-electron chi connectivity index (χ0n) is 8.88. The lowest BCUT2D eigenvalue weighted by Gasteiger charge is -2.19. The van der Waals surface area contributed by atoms with Crippen LogP contribution in [0.25, 0.3) is 5.57 Å². The normalized spacial score (nSPS) is 18.7. The molecule has 2 heterocycles. The average molecular weight is 229 g/mol. The number of hydrogen-bond donors (Lipinski definition) is 1. The van der Waals surface area contributed by atoms with Gasteiger partial charge >= 0.3 is 0 Å². The van der Waals surface area contributed by atoms with Crippen molar-refractivity contribution in [3.05, 3.63) is 35.2 Å². The number of nitrogens with zero attached hydrogens (tertiary/aromatic N) is 2. The molecular formula is C12H9N2O3+. The van der Waals surface area contributed by atoms with E-state index in [9.17, 15) is 14.8 Å². The van der Waals surface area contributed by atoms with Crippen molar-refractivity contribution in [1.29, 1.82) is 0 Å². The Morgan fingerprint density at radius 3 is 2.88 bits per heavy atom. The largest absolute Gasteiger partial charge is 0.294 e. The lowest BCUT2D eigenvalue weighted by Crippen LogP contribution is -2.30. The summed E-state index contributed by atoms with van der Waals surface area (Å²) < 4.78 is 0.820. The number of ketones is 2. The Morgan fingerprint density at radius 1 is 1.24 bits per heavy atom. The first-order chi connectivity index (χ1) is 8.16. The molecule has 0 saturated heterocycles. The minimum Gasteiger partial charge on any atom is -0.294 e. The van der Waals surface area contributed by atoms with Gasteiger partial charge in [-0.2, -0.15) is 0 Å². The van der Waals surface area contributed by atoms with Gasteiger partial charge in [-0.15, -0.1) is 0 Å². The van der Waals surface area contributed by atoms with E-state index in [1.807, 2.05) is 0 Å². The summed E-state index contributed by atoms with van der Waals surface area (Å²) in [5.41, 5.74) is 2.22. The van der Waals surface area contributed by atoms with Crippen molar-refractivity contribution in [2.75, 3.05) is 6.54 Å². The average Bonchev–Trinajstić information content (AvgIpc) is 2.28. The molecule has 0 fully saturated rings. The van der Waals surface area contributed by atoms with Gasteiger partial charge in [-0.05, 0) is 16.4 Å². The van der Waals surface area contributed by atoms with Crippen LogP contribution in [0.15, 0.2) is 24.0 Å². The highest BCUT2D eigenvalue weighted by molar-refractivity contribution is 6.31. The number of pyridine rings is 1. The van der Waals surface area contributed by atoms with Crippen LogP contribution >= 0.6 is 0 Å². The summed E-state index contributed by atoms with van der Waals surface area (Å²) in [5, 5.41) is 9.35. The molecule has 84 valence electrons. The number of hydroxylamine groups is 1. The number of aromatic nitrogens is 1. The topological polar surface area (TPSA) is 70.3 Å². The molecule has 0 amide bonds. The third kappa shape index (κ3) is 1.39. The molecule has 1 aromatic rings. The van der Waals surface area contributed by atoms with Gasteiger partial charge < -0.3 is 0 Å². The monoisotopic (exact) mass is 229 g/mol. The standard InChI is InChI=1S/C12H9N2O3/c15-10-3-7-5-14(17)6-11(16)12(7)8-1-2-13-4-9(8)10/h1-2,4-5,17H,3,6H2/q+1. The first kappa shape index (κ1) is 9.89. The summed E-state index contributed by atoms with van der Waals surface area (Å²) in [5.74, 6) is -0.254. The lowest BCUT2D eigenvalue weighted by atomic mass is 9.83. The van der Waals surface area contributed by atoms with Gasteiger partial charge in [-0.25, -0.2) is 0 Å². The second-order valence-corrected chi connectivity index (χ2v) is 4.07. The molecule has 0 unspecified atom stereocenters. The number of carbonyl (C=O) groups is 2. The van der Waals surface area contributed by atoms with Crippen LogP contribution in [0.1, 0.15) is 22.3 Å². The van der Waals surface area contributed by atoms with Crippen LogP contribution in [0.3, 0.4) is 0 Å². The van der Waals surface area contributed by atoms with Crippen molar-refractivity contribution in [2.24, 2.45) is 0 Å². The number of hydrogen-bond acceptors (Lipinski definition) is 4. The predicted molar refractivity (Wildman–Crippen MR) is 58.1 cm³/mol. The third-order valence-electron chi connectivity index (χ3n) is 2.95. The smallest absolute Gasteiger partial charge is 0.255 e. The summed E-state index contributed by atoms with van der Waals surface area (Å²) in [4.78, 5) is 27.6. The molecule has 0 saturated carbocycles. The van der Waals surface area contributed by atoms with E-state index < -0.39 is 0 Å². The van der Waals surface area contributed by atoms with Crippen LogP contribution < -0.4 is 0 Å². The van der Waals surface area contributed by atoms with Gasteiger partial charge in [0.05, 0.1) is 0 Å². The Bertz CT molecular complexity index is 614. The molecule has 0 bridgehead atoms. The van der Waals surface area contributed by atoms with E-state index >= 15 is 0 Å². The first-order valence-corrected chi connectivity index (χ1v) is 5.21. The number of rotatable bonds is 0. The van der Waals surface area contributed by atoms with Gasteiger partial charge in [0, 0.05) is 35.5 Å². The van der Waals surface area contributed by atoms with Gasteiger partial charge in [0.25, 0.3) is 6.54 Å². The molecule has 5 heteroatoms. The SMILES string of the molecule is O=C1C[N+](O)=CC2=C1c1ccncc1C(=O)C2. The molecule has 1 aliphatic heterocycles. The molecule has 0 atom stereocenters. The van der Waals surface area contributed by atoms with E-state index in [0.717, 1.165) is 4.74 Å². The lowest BCUT2D eigenvalue weighted by molar-refractivity contribution is -0.763. The Kier molecular flexibility index (Phi) is 1.95. The van der Waals surface area contributed by atoms with Crippen molar-refractivity contribution >= 4 is 23.4 Å². The molecule has 2 aliphatic rings. The van der Waals surface area contributed by atoms with E-state index in [1.165, 1.54) is 12.4 Å². The fraction of sp³-hybridized carbons (Fsp3) is 0.167. The Hall–Kier alpha value is -2.30. The Labute approximate surface area is 96.7 Å². The molecule has 0 radical (unpaired) electrons. The molecule has 5 nitrogen and oxygen atoms in total. The van der Waals surface area contributed by atoms with E-state index in [0.29, 0.717) is 22.3 Å². The van der Waals surface area contributed by atoms with E-state index in [1.54, 1.807) is 12.3 Å². The number of allylic oxidation sites excluding steroid dienone is 1. The molecule has 0 spiro atoms. The molecular weight excluding hydrogens is 220 g/mol. The Balaban J connectivity index is 2.29. The van der Waals surface area contributed by atoms with Crippen LogP contribution in [0.4, 0.5) is 0 Å². The second-order valence-electron chi connectivity index (χ2n) is 4.07. The van der Waals surface area contributed by atoms with Crippen molar-refractivity contribution in [3.8, 4) is 0 Å². The molecule has 1 N–H and O–H groups in total. The summed E-state index contributed by atoms with van der Waals surface area (Å²) >= 11 is 0. The van der Waals surface area contributed by atoms with Crippen molar-refractivity contribution in [1.82, 2.24) is 4.98 Å². The molecule has 0 aromatic carbocycles. The number of carbonyl (C=O) groups excluding carboxylic acids is 2. The minimum absolute atomic E-state index is 0.0746. The van der Waals surface area contributed by atoms with Gasteiger partial charge in [0.2, 0.25) is 12.0 Å². The van der Waals surface area contributed by atoms with Crippen LogP contribution in [-0.4, -0.2) is 39.3 Å². The molecule has 3 rings (SSSR count). The number of Topliss-reactive ketones (excluding diaryl/α,β-unsaturated/α-hetero) is 2. The highest BCUT2D eigenvalue weighted by Crippen LogP contribution is 2.31. The highest BCUT2D eigenvalue weighted by Gasteiger charge is 2.34. The fourth-order valence-electron chi connectivity index (χ4n) is 2.26. The van der Waals surface area contributed by atoms with Crippen molar-refractivity contribution < 1.29 is 19.5 Å². The summed E-state index contributed by atoms with van der Waals surface area (Å²) in [7, 11) is 0. The maximum atomic E-state index is 11.9. The van der Waals surface area contributed by atoms with Gasteiger partial charge in [-0.3, -0.25) is 19.8 Å². The Morgan fingerprint density at radius 2 is 2.06 bits per heavy atom. The quantitative estimate of drug-likeness (QED) is 0.518. The van der Waals surface area contributed by atoms with Crippen LogP contribution in [-0.2, 0) is 4.79 Å². The molecule has 1 aliphatic carbocycles. The van der Waals surface area contributed by atoms with Crippen molar-refractivity contribution in [3.63, 3.8) is 0 Å². The fourth-order valence-corrected chi connectivity index (χ4v) is 2.26. The summed E-state index contributed by atoms with van der Waals surface area (Å²) in [6.07, 6.45) is 4.62. The predicted octanol–water partition coefficient (Wildman–Crippen LogP) is 0.477. The maximum Gasteiger partial charge on any atom is 0.255 e. The van der Waals surface area contributed by atoms with Crippen molar-refractivity contribution in [2.45, 2.75) is 6.42 Å². The van der Waals surface area contributed by atoms with E-state index in [-0.39, 0.29) is 24.5 Å². The maximum absolute atomic E-state index is 11.9. The zero-order chi connectivity index (χ0) is 12.0. The highest BCUT2D eigenvalue weighted by atomic mass is 16.5. The van der Waals surface area contributed by atoms with Gasteiger partial charge in [0.15, 0.2) is 5.78 Å². The third-order valence-corrected chi connectivity index (χ3v) is 2.95.